The van der Waals surface area contributed by atoms with Gasteiger partial charge in [0.1, 0.15) is 0 Å². The molecule has 0 fully saturated rings. The van der Waals surface area contributed by atoms with E-state index in [2.05, 4.69) is 15.3 Å². The monoisotopic (exact) mass is 229 g/mol. The Morgan fingerprint density at radius 2 is 1.94 bits per heavy atom. The third-order valence-electron chi connectivity index (χ3n) is 1.88. The number of nitrogens with two attached hydrogens (primary N) is 1. The molecule has 0 unspecified atom stereocenters. The van der Waals surface area contributed by atoms with Crippen LogP contribution in [0.3, 0.4) is 0 Å². The summed E-state index contributed by atoms with van der Waals surface area (Å²) in [5.41, 5.74) is 3.94. The Morgan fingerprint density at radius 1 is 1.19 bits per heavy atom. The van der Waals surface area contributed by atoms with E-state index in [9.17, 15) is 13.2 Å². The van der Waals surface area contributed by atoms with Crippen molar-refractivity contribution in [3.8, 4) is 5.69 Å². The molecule has 5 nitrogen and oxygen atoms in total. The molecule has 84 valence electrons. The number of nitrogens with zero attached hydrogens (tertiary/aromatic N) is 4. The quantitative estimate of drug-likeness (QED) is 0.799. The molecule has 2 aromatic rings. The minimum atomic E-state index is -4.57. The summed E-state index contributed by atoms with van der Waals surface area (Å²) in [4.78, 5) is 0. The fraction of sp³-hybridized carbons (Fsp3) is 0.125. The van der Waals surface area contributed by atoms with E-state index in [0.29, 0.717) is 4.68 Å². The van der Waals surface area contributed by atoms with Crippen molar-refractivity contribution in [1.29, 1.82) is 0 Å². The lowest BCUT2D eigenvalue weighted by Crippen LogP contribution is -2.15. The highest BCUT2D eigenvalue weighted by molar-refractivity contribution is 5.46. The lowest BCUT2D eigenvalue weighted by Gasteiger charge is -2.10. The van der Waals surface area contributed by atoms with Crippen LogP contribution in [-0.2, 0) is 6.18 Å². The van der Waals surface area contributed by atoms with Crippen molar-refractivity contribution >= 4 is 5.69 Å². The largest absolute Gasteiger partial charge is 0.435 e. The van der Waals surface area contributed by atoms with Gasteiger partial charge < -0.3 is 5.73 Å². The average molecular weight is 229 g/mol. The number of halogens is 3. The Bertz CT molecular complexity index is 490. The Labute approximate surface area is 87.7 Å². The molecule has 0 spiro atoms. The fourth-order valence-electron chi connectivity index (χ4n) is 1.25. The van der Waals surface area contributed by atoms with Gasteiger partial charge in [-0.15, -0.1) is 0 Å². The molecule has 0 radical (unpaired) electrons. The van der Waals surface area contributed by atoms with E-state index < -0.39 is 17.6 Å². The van der Waals surface area contributed by atoms with Crippen molar-refractivity contribution in [2.24, 2.45) is 0 Å². The van der Waals surface area contributed by atoms with Crippen molar-refractivity contribution in [3.05, 3.63) is 30.4 Å². The molecule has 16 heavy (non-hydrogen) atoms. The number of rotatable bonds is 1. The molecule has 2 aromatic heterocycles. The fourth-order valence-corrected chi connectivity index (χ4v) is 1.25. The zero-order valence-electron chi connectivity index (χ0n) is 7.81. The zero-order valence-corrected chi connectivity index (χ0v) is 7.81. The second-order valence-corrected chi connectivity index (χ2v) is 2.96. The Balaban J connectivity index is 2.60. The van der Waals surface area contributed by atoms with E-state index in [1.54, 1.807) is 0 Å². The maximum atomic E-state index is 12.7. The molecule has 0 aliphatic heterocycles. The standard InChI is InChI=1S/C8H6F3N5/c9-8(10,11)7-6(12)4-15-16(7)5-1-2-13-14-3-5/h1-4H,12H2. The van der Waals surface area contributed by atoms with Crippen molar-refractivity contribution < 1.29 is 13.2 Å². The predicted molar refractivity (Wildman–Crippen MR) is 48.6 cm³/mol. The van der Waals surface area contributed by atoms with E-state index in [1.807, 2.05) is 0 Å². The number of nitrogen functional groups attached to an aromatic ring is 1. The van der Waals surface area contributed by atoms with E-state index >= 15 is 0 Å². The first-order valence-corrected chi connectivity index (χ1v) is 4.18. The van der Waals surface area contributed by atoms with Crippen LogP contribution in [-0.4, -0.2) is 20.0 Å². The highest BCUT2D eigenvalue weighted by Gasteiger charge is 2.38. The molecule has 0 aliphatic rings. The van der Waals surface area contributed by atoms with Crippen molar-refractivity contribution in [2.45, 2.75) is 6.18 Å². The Morgan fingerprint density at radius 3 is 2.50 bits per heavy atom. The van der Waals surface area contributed by atoms with E-state index in [-0.39, 0.29) is 5.69 Å². The first-order valence-electron chi connectivity index (χ1n) is 4.18. The van der Waals surface area contributed by atoms with Crippen LogP contribution in [0.1, 0.15) is 5.69 Å². The molecule has 2 rings (SSSR count). The lowest BCUT2D eigenvalue weighted by molar-refractivity contribution is -0.142. The molecule has 0 aromatic carbocycles. The van der Waals surface area contributed by atoms with Gasteiger partial charge in [0.15, 0.2) is 5.69 Å². The summed E-state index contributed by atoms with van der Waals surface area (Å²) in [5.74, 6) is 0. The molecular weight excluding hydrogens is 223 g/mol. The third-order valence-corrected chi connectivity index (χ3v) is 1.88. The molecule has 8 heteroatoms. The van der Waals surface area contributed by atoms with Gasteiger partial charge in [-0.25, -0.2) is 4.68 Å². The molecule has 0 saturated heterocycles. The number of hydrogen-bond donors (Lipinski definition) is 1. The second-order valence-electron chi connectivity index (χ2n) is 2.96. The zero-order chi connectivity index (χ0) is 11.8. The number of anilines is 1. The molecule has 0 aliphatic carbocycles. The summed E-state index contributed by atoms with van der Waals surface area (Å²) in [5, 5.41) is 10.5. The third kappa shape index (κ3) is 1.69. The molecule has 0 saturated carbocycles. The maximum Gasteiger partial charge on any atom is 0.435 e. The Kier molecular flexibility index (Phi) is 2.26. The van der Waals surface area contributed by atoms with E-state index in [1.165, 1.54) is 18.5 Å². The summed E-state index contributed by atoms with van der Waals surface area (Å²) in [7, 11) is 0. The summed E-state index contributed by atoms with van der Waals surface area (Å²) in [6, 6.07) is 1.36. The summed E-state index contributed by atoms with van der Waals surface area (Å²) >= 11 is 0. The van der Waals surface area contributed by atoms with Gasteiger partial charge in [-0.2, -0.15) is 28.5 Å². The molecule has 2 N–H and O–H groups in total. The number of hydrogen-bond acceptors (Lipinski definition) is 4. The highest BCUT2D eigenvalue weighted by Crippen LogP contribution is 2.34. The van der Waals surface area contributed by atoms with Gasteiger partial charge in [0.25, 0.3) is 0 Å². The van der Waals surface area contributed by atoms with Crippen molar-refractivity contribution in [2.75, 3.05) is 5.73 Å². The van der Waals surface area contributed by atoms with Gasteiger partial charge >= 0.3 is 6.18 Å². The van der Waals surface area contributed by atoms with Crippen LogP contribution in [0, 0.1) is 0 Å². The van der Waals surface area contributed by atoms with Gasteiger partial charge in [-0.3, -0.25) is 0 Å². The van der Waals surface area contributed by atoms with Crippen LogP contribution in [0.25, 0.3) is 5.69 Å². The van der Waals surface area contributed by atoms with Gasteiger partial charge in [0.2, 0.25) is 0 Å². The van der Waals surface area contributed by atoms with Crippen LogP contribution in [0.2, 0.25) is 0 Å². The summed E-state index contributed by atoms with van der Waals surface area (Å²) in [6.07, 6.45) is -1.18. The first kappa shape index (κ1) is 10.4. The minimum absolute atomic E-state index is 0.152. The summed E-state index contributed by atoms with van der Waals surface area (Å²) < 4.78 is 38.6. The van der Waals surface area contributed by atoms with Crippen LogP contribution in [0.4, 0.5) is 18.9 Å². The molecule has 0 bridgehead atoms. The van der Waals surface area contributed by atoms with Gasteiger partial charge in [0, 0.05) is 0 Å². The Hall–Kier alpha value is -2.12. The maximum absolute atomic E-state index is 12.7. The molecule has 2 heterocycles. The highest BCUT2D eigenvalue weighted by atomic mass is 19.4. The minimum Gasteiger partial charge on any atom is -0.396 e. The lowest BCUT2D eigenvalue weighted by atomic mass is 10.3. The van der Waals surface area contributed by atoms with Crippen LogP contribution in [0.15, 0.2) is 24.7 Å². The predicted octanol–water partition coefficient (Wildman–Crippen LogP) is 1.26. The van der Waals surface area contributed by atoms with Gasteiger partial charge in [-0.05, 0) is 6.07 Å². The number of aromatic nitrogens is 4. The number of alkyl halides is 3. The average Bonchev–Trinajstić information content (AvgIpc) is 2.61. The van der Waals surface area contributed by atoms with E-state index in [4.69, 9.17) is 5.73 Å². The van der Waals surface area contributed by atoms with E-state index in [0.717, 1.165) is 6.20 Å². The smallest absolute Gasteiger partial charge is 0.396 e. The van der Waals surface area contributed by atoms with Crippen LogP contribution >= 0.6 is 0 Å². The van der Waals surface area contributed by atoms with Gasteiger partial charge in [0.05, 0.1) is 30.0 Å². The van der Waals surface area contributed by atoms with Crippen LogP contribution in [0.5, 0.6) is 0 Å². The normalized spacial score (nSPS) is 11.7. The second kappa shape index (κ2) is 3.47. The van der Waals surface area contributed by atoms with Gasteiger partial charge in [-0.1, -0.05) is 0 Å². The SMILES string of the molecule is Nc1cnn(-c2ccnnc2)c1C(F)(F)F. The molecule has 0 atom stereocenters. The van der Waals surface area contributed by atoms with Crippen molar-refractivity contribution in [1.82, 2.24) is 20.0 Å². The van der Waals surface area contributed by atoms with Crippen molar-refractivity contribution in [3.63, 3.8) is 0 Å². The topological polar surface area (TPSA) is 69.6 Å². The molecule has 0 amide bonds. The first-order chi connectivity index (χ1) is 7.50. The molecular formula is C8H6F3N5. The van der Waals surface area contributed by atoms with Crippen LogP contribution < -0.4 is 5.73 Å². The summed E-state index contributed by atoms with van der Waals surface area (Å²) in [6.45, 7) is 0.